The van der Waals surface area contributed by atoms with Crippen LogP contribution in [0.1, 0.15) is 32.1 Å². The number of nitrogens with one attached hydrogen (secondary N) is 1. The van der Waals surface area contributed by atoms with Crippen molar-refractivity contribution in [2.24, 2.45) is 5.92 Å². The van der Waals surface area contributed by atoms with E-state index in [1.807, 2.05) is 0 Å². The SMILES string of the molecule is CN1CCC(CNC2CCOC3(CCSC3)C2)CC1. The van der Waals surface area contributed by atoms with E-state index in [0.717, 1.165) is 12.5 Å². The van der Waals surface area contributed by atoms with Gasteiger partial charge < -0.3 is 15.0 Å². The van der Waals surface area contributed by atoms with Crippen LogP contribution in [0.4, 0.5) is 0 Å². The summed E-state index contributed by atoms with van der Waals surface area (Å²) in [5, 5.41) is 3.85. The topological polar surface area (TPSA) is 24.5 Å². The first-order valence-corrected chi connectivity index (χ1v) is 9.05. The lowest BCUT2D eigenvalue weighted by Gasteiger charge is -2.39. The van der Waals surface area contributed by atoms with Crippen molar-refractivity contribution >= 4 is 11.8 Å². The molecular formula is C15H28N2OS. The molecule has 0 aromatic heterocycles. The fraction of sp³-hybridized carbons (Fsp3) is 1.00. The van der Waals surface area contributed by atoms with Crippen LogP contribution in [0.2, 0.25) is 0 Å². The highest BCUT2D eigenvalue weighted by Crippen LogP contribution is 2.38. The number of ether oxygens (including phenoxy) is 1. The molecule has 0 aromatic rings. The highest BCUT2D eigenvalue weighted by Gasteiger charge is 2.40. The van der Waals surface area contributed by atoms with Gasteiger partial charge in [0.2, 0.25) is 0 Å². The summed E-state index contributed by atoms with van der Waals surface area (Å²) in [5.41, 5.74) is 0.230. The van der Waals surface area contributed by atoms with Gasteiger partial charge in [-0.05, 0) is 70.5 Å². The lowest BCUT2D eigenvalue weighted by atomic mass is 9.89. The van der Waals surface area contributed by atoms with E-state index in [1.54, 1.807) is 0 Å². The Labute approximate surface area is 121 Å². The number of nitrogens with zero attached hydrogens (tertiary/aromatic N) is 1. The molecule has 1 spiro atoms. The van der Waals surface area contributed by atoms with Gasteiger partial charge in [0.15, 0.2) is 0 Å². The molecule has 3 fully saturated rings. The van der Waals surface area contributed by atoms with E-state index >= 15 is 0 Å². The highest BCUT2D eigenvalue weighted by atomic mass is 32.2. The van der Waals surface area contributed by atoms with Gasteiger partial charge in [-0.2, -0.15) is 11.8 Å². The molecule has 3 aliphatic rings. The van der Waals surface area contributed by atoms with Crippen LogP contribution in [0.15, 0.2) is 0 Å². The molecule has 3 aliphatic heterocycles. The van der Waals surface area contributed by atoms with Crippen LogP contribution in [0.25, 0.3) is 0 Å². The Morgan fingerprint density at radius 2 is 2.16 bits per heavy atom. The molecule has 3 heterocycles. The Bertz CT molecular complexity index is 286. The number of hydrogen-bond acceptors (Lipinski definition) is 4. The fourth-order valence-electron chi connectivity index (χ4n) is 3.66. The fourth-order valence-corrected chi connectivity index (χ4v) is 5.04. The average Bonchev–Trinajstić information content (AvgIpc) is 2.86. The summed E-state index contributed by atoms with van der Waals surface area (Å²) in [7, 11) is 2.24. The Hall–Kier alpha value is 0.230. The van der Waals surface area contributed by atoms with Crippen molar-refractivity contribution in [1.82, 2.24) is 10.2 Å². The number of rotatable bonds is 3. The molecule has 19 heavy (non-hydrogen) atoms. The second kappa shape index (κ2) is 6.33. The quantitative estimate of drug-likeness (QED) is 0.856. The van der Waals surface area contributed by atoms with E-state index in [1.165, 1.54) is 63.2 Å². The Kier molecular flexibility index (Phi) is 4.73. The Morgan fingerprint density at radius 3 is 2.89 bits per heavy atom. The molecule has 0 radical (unpaired) electrons. The van der Waals surface area contributed by atoms with Crippen molar-refractivity contribution < 1.29 is 4.74 Å². The molecule has 3 saturated heterocycles. The number of likely N-dealkylation sites (tertiary alicyclic amines) is 1. The van der Waals surface area contributed by atoms with Crippen LogP contribution >= 0.6 is 11.8 Å². The van der Waals surface area contributed by atoms with Gasteiger partial charge in [0, 0.05) is 18.4 Å². The molecular weight excluding hydrogens is 256 g/mol. The van der Waals surface area contributed by atoms with Gasteiger partial charge in [0.25, 0.3) is 0 Å². The van der Waals surface area contributed by atoms with Gasteiger partial charge in [-0.15, -0.1) is 0 Å². The molecule has 3 nitrogen and oxygen atoms in total. The van der Waals surface area contributed by atoms with Gasteiger partial charge in [0.05, 0.1) is 5.60 Å². The monoisotopic (exact) mass is 284 g/mol. The number of hydrogen-bond donors (Lipinski definition) is 1. The van der Waals surface area contributed by atoms with Crippen LogP contribution in [-0.2, 0) is 4.74 Å². The van der Waals surface area contributed by atoms with Crippen molar-refractivity contribution in [3.05, 3.63) is 0 Å². The zero-order valence-corrected chi connectivity index (χ0v) is 13.0. The van der Waals surface area contributed by atoms with Crippen molar-refractivity contribution in [2.45, 2.75) is 43.7 Å². The van der Waals surface area contributed by atoms with Crippen molar-refractivity contribution in [2.75, 3.05) is 44.8 Å². The first-order valence-electron chi connectivity index (χ1n) is 7.89. The minimum atomic E-state index is 0.230. The Balaban J connectivity index is 1.42. The molecule has 0 aliphatic carbocycles. The van der Waals surface area contributed by atoms with Crippen molar-refractivity contribution in [3.63, 3.8) is 0 Å². The third-order valence-corrected chi connectivity index (χ3v) is 6.32. The lowest BCUT2D eigenvalue weighted by Crippen LogP contribution is -2.48. The first-order chi connectivity index (χ1) is 9.26. The van der Waals surface area contributed by atoms with E-state index in [0.29, 0.717) is 6.04 Å². The highest BCUT2D eigenvalue weighted by molar-refractivity contribution is 7.99. The molecule has 0 bridgehead atoms. The summed E-state index contributed by atoms with van der Waals surface area (Å²) in [4.78, 5) is 2.45. The van der Waals surface area contributed by atoms with Gasteiger partial charge in [0.1, 0.15) is 0 Å². The second-order valence-corrected chi connectivity index (χ2v) is 7.78. The van der Waals surface area contributed by atoms with Crippen LogP contribution in [-0.4, -0.2) is 61.3 Å². The van der Waals surface area contributed by atoms with Gasteiger partial charge in [-0.25, -0.2) is 0 Å². The molecule has 2 unspecified atom stereocenters. The van der Waals surface area contributed by atoms with Gasteiger partial charge in [-0.1, -0.05) is 0 Å². The first kappa shape index (κ1) is 14.2. The minimum Gasteiger partial charge on any atom is -0.374 e. The maximum atomic E-state index is 6.10. The van der Waals surface area contributed by atoms with Crippen LogP contribution < -0.4 is 5.32 Å². The molecule has 0 aromatic carbocycles. The molecule has 2 atom stereocenters. The predicted octanol–water partition coefficient (Wildman–Crippen LogP) is 1.97. The number of piperidine rings is 1. The summed E-state index contributed by atoms with van der Waals surface area (Å²) < 4.78 is 6.10. The molecule has 4 heteroatoms. The van der Waals surface area contributed by atoms with Crippen LogP contribution in [0, 0.1) is 5.92 Å². The second-order valence-electron chi connectivity index (χ2n) is 6.68. The smallest absolute Gasteiger partial charge is 0.0795 e. The Morgan fingerprint density at radius 1 is 1.32 bits per heavy atom. The maximum absolute atomic E-state index is 6.10. The third kappa shape index (κ3) is 3.66. The van der Waals surface area contributed by atoms with E-state index in [9.17, 15) is 0 Å². The van der Waals surface area contributed by atoms with Gasteiger partial charge >= 0.3 is 0 Å². The molecule has 110 valence electrons. The molecule has 0 saturated carbocycles. The summed E-state index contributed by atoms with van der Waals surface area (Å²) >= 11 is 2.07. The summed E-state index contributed by atoms with van der Waals surface area (Å²) in [6.07, 6.45) is 6.46. The van der Waals surface area contributed by atoms with Crippen LogP contribution in [0.5, 0.6) is 0 Å². The average molecular weight is 284 g/mol. The zero-order valence-electron chi connectivity index (χ0n) is 12.2. The zero-order chi connectivity index (χ0) is 13.1. The normalized spacial score (nSPS) is 38.1. The maximum Gasteiger partial charge on any atom is 0.0795 e. The van der Waals surface area contributed by atoms with E-state index in [2.05, 4.69) is 29.0 Å². The molecule has 3 rings (SSSR count). The largest absolute Gasteiger partial charge is 0.374 e. The summed E-state index contributed by atoms with van der Waals surface area (Å²) in [6, 6.07) is 0.701. The van der Waals surface area contributed by atoms with E-state index in [-0.39, 0.29) is 5.60 Å². The summed E-state index contributed by atoms with van der Waals surface area (Å²) in [6.45, 7) is 4.74. The van der Waals surface area contributed by atoms with Gasteiger partial charge in [-0.3, -0.25) is 0 Å². The predicted molar refractivity (Wildman–Crippen MR) is 81.9 cm³/mol. The standard InChI is InChI=1S/C15H28N2OS/c1-17-6-2-13(3-7-17)11-16-14-4-8-18-15(10-14)5-9-19-12-15/h13-14,16H,2-12H2,1H3. The van der Waals surface area contributed by atoms with E-state index < -0.39 is 0 Å². The molecule has 1 N–H and O–H groups in total. The number of thioether (sulfide) groups is 1. The van der Waals surface area contributed by atoms with Crippen molar-refractivity contribution in [3.8, 4) is 0 Å². The van der Waals surface area contributed by atoms with Crippen molar-refractivity contribution in [1.29, 1.82) is 0 Å². The lowest BCUT2D eigenvalue weighted by molar-refractivity contribution is -0.0705. The molecule has 0 amide bonds. The minimum absolute atomic E-state index is 0.230. The summed E-state index contributed by atoms with van der Waals surface area (Å²) in [5.74, 6) is 3.41. The van der Waals surface area contributed by atoms with E-state index in [4.69, 9.17) is 4.74 Å². The van der Waals surface area contributed by atoms with Crippen LogP contribution in [0.3, 0.4) is 0 Å². The third-order valence-electron chi connectivity index (χ3n) is 5.09.